The third kappa shape index (κ3) is 5.85. The Labute approximate surface area is 124 Å². The van der Waals surface area contributed by atoms with Crippen molar-refractivity contribution >= 4 is 12.0 Å². The van der Waals surface area contributed by atoms with Crippen molar-refractivity contribution < 1.29 is 18.8 Å². The number of nitrogens with one attached hydrogen (secondary N) is 2. The molecule has 0 fully saturated rings. The smallest absolute Gasteiger partial charge is 0.408 e. The van der Waals surface area contributed by atoms with Gasteiger partial charge in [0.2, 0.25) is 5.91 Å². The fraction of sp³-hybridized carbons (Fsp3) is 0.643. The number of nitrogens with zero attached hydrogens (tertiary/aromatic N) is 1. The molecule has 2 N–H and O–H groups in total. The maximum Gasteiger partial charge on any atom is 0.408 e. The molecule has 0 aliphatic carbocycles. The van der Waals surface area contributed by atoms with Gasteiger partial charge in [-0.15, -0.1) is 0 Å². The number of hydrogen-bond acceptors (Lipinski definition) is 5. The van der Waals surface area contributed by atoms with E-state index < -0.39 is 17.7 Å². The lowest BCUT2D eigenvalue weighted by Crippen LogP contribution is -2.46. The van der Waals surface area contributed by atoms with E-state index in [1.165, 1.54) is 7.05 Å². The van der Waals surface area contributed by atoms with Gasteiger partial charge in [0.05, 0.1) is 5.69 Å². The zero-order chi connectivity index (χ0) is 16.0. The minimum absolute atomic E-state index is 0.276. The Morgan fingerprint density at radius 3 is 2.67 bits per heavy atom. The average molecular weight is 297 g/mol. The van der Waals surface area contributed by atoms with Crippen molar-refractivity contribution in [3.8, 4) is 0 Å². The summed E-state index contributed by atoms with van der Waals surface area (Å²) in [4.78, 5) is 23.1. The van der Waals surface area contributed by atoms with E-state index in [0.717, 1.165) is 11.5 Å². The molecule has 0 spiro atoms. The zero-order valence-electron chi connectivity index (χ0n) is 13.1. The largest absolute Gasteiger partial charge is 0.444 e. The minimum atomic E-state index is -0.673. The van der Waals surface area contributed by atoms with E-state index >= 15 is 0 Å². The molecule has 0 saturated heterocycles. The number of alkyl carbamates (subject to hydrolysis) is 1. The average Bonchev–Trinajstić information content (AvgIpc) is 2.80. The standard InChI is InChI=1S/C14H23N3O4/c1-9-8-11(21-17-9)6-7-14(3,4)20-13(19)16-10(2)12(18)15-5/h8,10H,6-7H2,1-5H3,(H,15,18)(H,16,19). The van der Waals surface area contributed by atoms with Gasteiger partial charge >= 0.3 is 6.09 Å². The molecule has 0 aliphatic heterocycles. The molecule has 1 unspecified atom stereocenters. The van der Waals surface area contributed by atoms with Crippen LogP contribution in [0.4, 0.5) is 4.79 Å². The first-order valence-electron chi connectivity index (χ1n) is 6.87. The van der Waals surface area contributed by atoms with Gasteiger partial charge in [0.25, 0.3) is 0 Å². The predicted octanol–water partition coefficient (Wildman–Crippen LogP) is 1.55. The van der Waals surface area contributed by atoms with Gasteiger partial charge in [0.1, 0.15) is 17.4 Å². The van der Waals surface area contributed by atoms with Crippen molar-refractivity contribution in [1.29, 1.82) is 0 Å². The molecular weight excluding hydrogens is 274 g/mol. The Bertz CT molecular complexity index is 496. The molecule has 0 saturated carbocycles. The lowest BCUT2D eigenvalue weighted by Gasteiger charge is -2.25. The van der Waals surface area contributed by atoms with E-state index in [4.69, 9.17) is 9.26 Å². The van der Waals surface area contributed by atoms with Crippen LogP contribution in [0.25, 0.3) is 0 Å². The van der Waals surface area contributed by atoms with Crippen molar-refractivity contribution in [2.75, 3.05) is 7.05 Å². The molecule has 0 bridgehead atoms. The predicted molar refractivity (Wildman–Crippen MR) is 76.8 cm³/mol. The van der Waals surface area contributed by atoms with E-state index in [2.05, 4.69) is 15.8 Å². The van der Waals surface area contributed by atoms with Gasteiger partial charge in [-0.1, -0.05) is 5.16 Å². The second-order valence-electron chi connectivity index (χ2n) is 5.56. The summed E-state index contributed by atoms with van der Waals surface area (Å²) in [5.41, 5.74) is 0.147. The number of rotatable bonds is 6. The van der Waals surface area contributed by atoms with Crippen LogP contribution >= 0.6 is 0 Å². The highest BCUT2D eigenvalue weighted by Gasteiger charge is 2.25. The van der Waals surface area contributed by atoms with Crippen LogP contribution in [0.1, 0.15) is 38.6 Å². The Hall–Kier alpha value is -2.05. The van der Waals surface area contributed by atoms with Gasteiger partial charge in [0, 0.05) is 19.5 Å². The van der Waals surface area contributed by atoms with Gasteiger partial charge in [-0.05, 0) is 34.1 Å². The first kappa shape index (κ1) is 17.0. The Morgan fingerprint density at radius 1 is 1.48 bits per heavy atom. The van der Waals surface area contributed by atoms with Gasteiger partial charge < -0.3 is 19.9 Å². The summed E-state index contributed by atoms with van der Waals surface area (Å²) in [7, 11) is 1.51. The highest BCUT2D eigenvalue weighted by molar-refractivity contribution is 5.84. The van der Waals surface area contributed by atoms with E-state index in [9.17, 15) is 9.59 Å². The summed E-state index contributed by atoms with van der Waals surface area (Å²) in [6, 6.07) is 1.21. The van der Waals surface area contributed by atoms with Crippen LogP contribution in [0.15, 0.2) is 10.6 Å². The van der Waals surface area contributed by atoms with Crippen LogP contribution in [-0.2, 0) is 16.0 Å². The van der Waals surface area contributed by atoms with Crippen LogP contribution in [0.5, 0.6) is 0 Å². The zero-order valence-corrected chi connectivity index (χ0v) is 13.1. The monoisotopic (exact) mass is 297 g/mol. The molecule has 1 aromatic rings. The fourth-order valence-electron chi connectivity index (χ4n) is 1.75. The maximum atomic E-state index is 11.8. The number of aromatic nitrogens is 1. The van der Waals surface area contributed by atoms with E-state index in [-0.39, 0.29) is 5.91 Å². The second kappa shape index (κ2) is 7.10. The number of ether oxygens (including phenoxy) is 1. The molecule has 21 heavy (non-hydrogen) atoms. The third-order valence-corrected chi connectivity index (χ3v) is 2.99. The van der Waals surface area contributed by atoms with Crippen LogP contribution < -0.4 is 10.6 Å². The van der Waals surface area contributed by atoms with Gasteiger partial charge in [0.15, 0.2) is 0 Å². The summed E-state index contributed by atoms with van der Waals surface area (Å²) in [5.74, 6) is 0.477. The summed E-state index contributed by atoms with van der Waals surface area (Å²) in [6.45, 7) is 7.05. The van der Waals surface area contributed by atoms with Crippen molar-refractivity contribution in [1.82, 2.24) is 15.8 Å². The number of carbonyl (C=O) groups excluding carboxylic acids is 2. The summed E-state index contributed by atoms with van der Waals surface area (Å²) in [6.07, 6.45) is 0.583. The topological polar surface area (TPSA) is 93.5 Å². The quantitative estimate of drug-likeness (QED) is 0.831. The molecule has 1 atom stereocenters. The molecule has 0 aliphatic rings. The molecule has 0 radical (unpaired) electrons. The third-order valence-electron chi connectivity index (χ3n) is 2.99. The molecule has 118 valence electrons. The lowest BCUT2D eigenvalue weighted by atomic mass is 10.0. The van der Waals surface area contributed by atoms with E-state index in [1.807, 2.05) is 13.0 Å². The number of likely N-dealkylation sites (N-methyl/N-ethyl adjacent to an activating group) is 1. The molecule has 2 amide bonds. The fourth-order valence-corrected chi connectivity index (χ4v) is 1.75. The van der Waals surface area contributed by atoms with Crippen LogP contribution in [0.2, 0.25) is 0 Å². The van der Waals surface area contributed by atoms with Crippen molar-refractivity contribution in [2.45, 2.75) is 52.2 Å². The number of aryl methyl sites for hydroxylation is 2. The normalized spacial score (nSPS) is 12.6. The summed E-state index contributed by atoms with van der Waals surface area (Å²) in [5, 5.41) is 8.74. The molecule has 1 aromatic heterocycles. The van der Waals surface area contributed by atoms with Gasteiger partial charge in [-0.3, -0.25) is 4.79 Å². The van der Waals surface area contributed by atoms with E-state index in [1.54, 1.807) is 20.8 Å². The molecule has 1 rings (SSSR count). The number of hydrogen-bond donors (Lipinski definition) is 2. The molecule has 7 nitrogen and oxygen atoms in total. The highest BCUT2D eigenvalue weighted by Crippen LogP contribution is 2.18. The maximum absolute atomic E-state index is 11.8. The second-order valence-corrected chi connectivity index (χ2v) is 5.56. The van der Waals surface area contributed by atoms with Crippen molar-refractivity contribution in [2.24, 2.45) is 0 Å². The first-order valence-corrected chi connectivity index (χ1v) is 6.87. The molecular formula is C14H23N3O4. The Morgan fingerprint density at radius 2 is 2.14 bits per heavy atom. The first-order chi connectivity index (χ1) is 9.73. The van der Waals surface area contributed by atoms with Crippen LogP contribution in [0.3, 0.4) is 0 Å². The number of carbonyl (C=O) groups is 2. The van der Waals surface area contributed by atoms with Gasteiger partial charge in [-0.2, -0.15) is 0 Å². The minimum Gasteiger partial charge on any atom is -0.444 e. The molecule has 1 heterocycles. The molecule has 7 heteroatoms. The van der Waals surface area contributed by atoms with Crippen LogP contribution in [0, 0.1) is 6.92 Å². The molecule has 0 aromatic carbocycles. The Kier molecular flexibility index (Phi) is 5.75. The van der Waals surface area contributed by atoms with E-state index in [0.29, 0.717) is 12.8 Å². The van der Waals surface area contributed by atoms with Crippen molar-refractivity contribution in [3.05, 3.63) is 17.5 Å². The summed E-state index contributed by atoms with van der Waals surface area (Å²) >= 11 is 0. The van der Waals surface area contributed by atoms with Crippen LogP contribution in [-0.4, -0.2) is 35.8 Å². The van der Waals surface area contributed by atoms with Gasteiger partial charge in [-0.25, -0.2) is 4.79 Å². The lowest BCUT2D eigenvalue weighted by molar-refractivity contribution is -0.122. The highest BCUT2D eigenvalue weighted by atomic mass is 16.6. The number of amides is 2. The van der Waals surface area contributed by atoms with Crippen molar-refractivity contribution in [3.63, 3.8) is 0 Å². The SMILES string of the molecule is CNC(=O)C(C)NC(=O)OC(C)(C)CCc1cc(C)no1. The summed E-state index contributed by atoms with van der Waals surface area (Å²) < 4.78 is 10.5. The Balaban J connectivity index is 2.43.